The second-order valence-electron chi connectivity index (χ2n) is 7.20. The molecule has 0 heterocycles. The predicted molar refractivity (Wildman–Crippen MR) is 121 cm³/mol. The van der Waals surface area contributed by atoms with E-state index in [2.05, 4.69) is 10.6 Å². The maximum atomic E-state index is 12.3. The molecule has 0 radical (unpaired) electrons. The number of hydrogen-bond donors (Lipinski definition) is 3. The van der Waals surface area contributed by atoms with Crippen molar-refractivity contribution >= 4 is 17.7 Å². The van der Waals surface area contributed by atoms with Gasteiger partial charge in [-0.2, -0.15) is 0 Å². The molecule has 0 bridgehead atoms. The molecule has 3 amide bonds. The topological polar surface area (TPSA) is 111 Å². The average Bonchev–Trinajstić information content (AvgIpc) is 2.82. The van der Waals surface area contributed by atoms with Crippen molar-refractivity contribution < 1.29 is 19.1 Å². The largest absolute Gasteiger partial charge is 0.489 e. The lowest BCUT2D eigenvalue weighted by molar-refractivity contribution is -0.126. The van der Waals surface area contributed by atoms with Crippen LogP contribution in [0.4, 0.5) is 0 Å². The zero-order valence-corrected chi connectivity index (χ0v) is 17.5. The standard InChI is InChI=1S/C25H25N3O4/c26-24(30)22(28-23(29)16-27-25(31)20-11-5-2-6-12-20)15-19-10-7-13-21(14-19)32-17-18-8-3-1-4-9-18/h1-14,22H,15-17H2,(H2,26,30)(H,27,31)(H,28,29)/t22-/m1/s1. The maximum Gasteiger partial charge on any atom is 0.251 e. The summed E-state index contributed by atoms with van der Waals surface area (Å²) >= 11 is 0. The van der Waals surface area contributed by atoms with E-state index in [-0.39, 0.29) is 18.9 Å². The van der Waals surface area contributed by atoms with Crippen LogP contribution in [-0.2, 0) is 22.6 Å². The molecule has 0 aliphatic rings. The van der Waals surface area contributed by atoms with Crippen LogP contribution in [0.2, 0.25) is 0 Å². The Bertz CT molecular complexity index is 1060. The van der Waals surface area contributed by atoms with Crippen molar-refractivity contribution in [1.29, 1.82) is 0 Å². The fraction of sp³-hybridized carbons (Fsp3) is 0.160. The summed E-state index contributed by atoms with van der Waals surface area (Å²) in [5.74, 6) is -0.895. The second kappa shape index (κ2) is 11.3. The van der Waals surface area contributed by atoms with Gasteiger partial charge in [0.15, 0.2) is 0 Å². The molecule has 0 saturated carbocycles. The molecule has 0 unspecified atom stereocenters. The SMILES string of the molecule is NC(=O)[C@@H](Cc1cccc(OCc2ccccc2)c1)NC(=O)CNC(=O)c1ccccc1. The highest BCUT2D eigenvalue weighted by molar-refractivity contribution is 5.97. The van der Waals surface area contributed by atoms with Crippen LogP contribution in [0.15, 0.2) is 84.9 Å². The van der Waals surface area contributed by atoms with E-state index in [0.717, 1.165) is 11.1 Å². The number of benzene rings is 3. The van der Waals surface area contributed by atoms with Gasteiger partial charge in [-0.3, -0.25) is 14.4 Å². The van der Waals surface area contributed by atoms with Crippen LogP contribution >= 0.6 is 0 Å². The van der Waals surface area contributed by atoms with Crippen molar-refractivity contribution in [2.45, 2.75) is 19.1 Å². The van der Waals surface area contributed by atoms with Gasteiger partial charge in [0.2, 0.25) is 11.8 Å². The Morgan fingerprint density at radius 3 is 2.19 bits per heavy atom. The molecule has 0 fully saturated rings. The first kappa shape index (κ1) is 22.6. The van der Waals surface area contributed by atoms with Gasteiger partial charge in [0.05, 0.1) is 6.54 Å². The minimum absolute atomic E-state index is 0.205. The van der Waals surface area contributed by atoms with E-state index in [1.165, 1.54) is 0 Å². The number of nitrogens with two attached hydrogens (primary N) is 1. The van der Waals surface area contributed by atoms with Gasteiger partial charge in [-0.05, 0) is 35.4 Å². The monoisotopic (exact) mass is 431 g/mol. The molecule has 0 saturated heterocycles. The number of hydrogen-bond acceptors (Lipinski definition) is 4. The number of carbonyl (C=O) groups is 3. The number of ether oxygens (including phenoxy) is 1. The molecular formula is C25H25N3O4. The van der Waals surface area contributed by atoms with E-state index >= 15 is 0 Å². The number of rotatable bonds is 10. The Kier molecular flexibility index (Phi) is 7.97. The third kappa shape index (κ3) is 6.98. The molecule has 0 spiro atoms. The Labute approximate surface area is 186 Å². The van der Waals surface area contributed by atoms with Gasteiger partial charge in [0.25, 0.3) is 5.91 Å². The Morgan fingerprint density at radius 1 is 0.844 bits per heavy atom. The van der Waals surface area contributed by atoms with Crippen LogP contribution in [-0.4, -0.2) is 30.3 Å². The molecule has 1 atom stereocenters. The molecule has 0 aliphatic heterocycles. The van der Waals surface area contributed by atoms with Crippen LogP contribution in [0.1, 0.15) is 21.5 Å². The van der Waals surface area contributed by atoms with Gasteiger partial charge in [-0.1, -0.05) is 60.7 Å². The second-order valence-corrected chi connectivity index (χ2v) is 7.20. The molecule has 3 aromatic carbocycles. The Balaban J connectivity index is 1.53. The summed E-state index contributed by atoms with van der Waals surface area (Å²) in [6, 6.07) is 24.7. The van der Waals surface area contributed by atoms with Gasteiger partial charge >= 0.3 is 0 Å². The van der Waals surface area contributed by atoms with Crippen LogP contribution < -0.4 is 21.1 Å². The molecule has 32 heavy (non-hydrogen) atoms. The van der Waals surface area contributed by atoms with E-state index in [4.69, 9.17) is 10.5 Å². The lowest BCUT2D eigenvalue weighted by Crippen LogP contribution is -2.49. The lowest BCUT2D eigenvalue weighted by Gasteiger charge is -2.16. The van der Waals surface area contributed by atoms with E-state index in [1.54, 1.807) is 30.3 Å². The van der Waals surface area contributed by atoms with Gasteiger partial charge in [-0.25, -0.2) is 0 Å². The predicted octanol–water partition coefficient (Wildman–Crippen LogP) is 2.21. The lowest BCUT2D eigenvalue weighted by atomic mass is 10.0. The maximum absolute atomic E-state index is 12.3. The first-order valence-electron chi connectivity index (χ1n) is 10.2. The number of amides is 3. The molecule has 7 heteroatoms. The zero-order chi connectivity index (χ0) is 22.8. The fourth-order valence-electron chi connectivity index (χ4n) is 3.06. The van der Waals surface area contributed by atoms with Crippen LogP contribution in [0.25, 0.3) is 0 Å². The highest BCUT2D eigenvalue weighted by Crippen LogP contribution is 2.16. The molecule has 3 rings (SSSR count). The summed E-state index contributed by atoms with van der Waals surface area (Å²) in [5, 5.41) is 5.11. The van der Waals surface area contributed by atoms with Crippen molar-refractivity contribution in [2.75, 3.05) is 6.54 Å². The summed E-state index contributed by atoms with van der Waals surface area (Å²) in [6.07, 6.45) is 0.205. The average molecular weight is 431 g/mol. The van der Waals surface area contributed by atoms with Crippen molar-refractivity contribution in [3.05, 3.63) is 102 Å². The first-order chi connectivity index (χ1) is 15.5. The summed E-state index contributed by atoms with van der Waals surface area (Å²) in [6.45, 7) is 0.152. The van der Waals surface area contributed by atoms with E-state index in [0.29, 0.717) is 17.9 Å². The smallest absolute Gasteiger partial charge is 0.251 e. The van der Waals surface area contributed by atoms with Crippen molar-refractivity contribution in [3.63, 3.8) is 0 Å². The molecule has 0 aromatic heterocycles. The van der Waals surface area contributed by atoms with Crippen molar-refractivity contribution in [2.24, 2.45) is 5.73 Å². The van der Waals surface area contributed by atoms with Crippen molar-refractivity contribution in [1.82, 2.24) is 10.6 Å². The van der Waals surface area contributed by atoms with Gasteiger partial charge < -0.3 is 21.1 Å². The number of carbonyl (C=O) groups excluding carboxylic acids is 3. The molecule has 7 nitrogen and oxygen atoms in total. The summed E-state index contributed by atoms with van der Waals surface area (Å²) in [5.41, 5.74) is 7.75. The molecule has 0 aliphatic carbocycles. The van der Waals surface area contributed by atoms with Crippen LogP contribution in [0.5, 0.6) is 5.75 Å². The number of nitrogens with one attached hydrogen (secondary N) is 2. The van der Waals surface area contributed by atoms with Crippen molar-refractivity contribution in [3.8, 4) is 5.75 Å². The highest BCUT2D eigenvalue weighted by atomic mass is 16.5. The third-order valence-electron chi connectivity index (χ3n) is 4.71. The summed E-state index contributed by atoms with van der Waals surface area (Å²) < 4.78 is 5.81. The van der Waals surface area contributed by atoms with Crippen LogP contribution in [0, 0.1) is 0 Å². The minimum Gasteiger partial charge on any atom is -0.489 e. The molecule has 4 N–H and O–H groups in total. The molecular weight excluding hydrogens is 406 g/mol. The van der Waals surface area contributed by atoms with Gasteiger partial charge in [0, 0.05) is 12.0 Å². The van der Waals surface area contributed by atoms with E-state index in [9.17, 15) is 14.4 Å². The Hall–Kier alpha value is -4.13. The van der Waals surface area contributed by atoms with Gasteiger partial charge in [-0.15, -0.1) is 0 Å². The quantitative estimate of drug-likeness (QED) is 0.457. The van der Waals surface area contributed by atoms with E-state index in [1.807, 2.05) is 54.6 Å². The first-order valence-corrected chi connectivity index (χ1v) is 10.2. The Morgan fingerprint density at radius 2 is 1.50 bits per heavy atom. The van der Waals surface area contributed by atoms with E-state index < -0.39 is 17.9 Å². The van der Waals surface area contributed by atoms with Crippen LogP contribution in [0.3, 0.4) is 0 Å². The highest BCUT2D eigenvalue weighted by Gasteiger charge is 2.19. The normalized spacial score (nSPS) is 11.2. The molecule has 3 aromatic rings. The third-order valence-corrected chi connectivity index (χ3v) is 4.71. The zero-order valence-electron chi connectivity index (χ0n) is 17.5. The summed E-state index contributed by atoms with van der Waals surface area (Å²) in [7, 11) is 0. The summed E-state index contributed by atoms with van der Waals surface area (Å²) in [4.78, 5) is 36.2. The van der Waals surface area contributed by atoms with Gasteiger partial charge in [0.1, 0.15) is 18.4 Å². The number of primary amides is 1. The minimum atomic E-state index is -0.916. The fourth-order valence-corrected chi connectivity index (χ4v) is 3.06. The molecule has 164 valence electrons.